The zero-order valence-electron chi connectivity index (χ0n) is 10.9. The zero-order chi connectivity index (χ0) is 11.1. The van der Waals surface area contributed by atoms with Crippen LogP contribution in [0.2, 0.25) is 0 Å². The van der Waals surface area contributed by atoms with Crippen molar-refractivity contribution < 1.29 is 0 Å². The predicted molar refractivity (Wildman–Crippen MR) is 68.1 cm³/mol. The van der Waals surface area contributed by atoms with Gasteiger partial charge in [0.25, 0.3) is 0 Å². The van der Waals surface area contributed by atoms with Crippen LogP contribution in [0.25, 0.3) is 0 Å². The summed E-state index contributed by atoms with van der Waals surface area (Å²) in [6, 6.07) is 0.816. The van der Waals surface area contributed by atoms with E-state index in [2.05, 4.69) is 26.1 Å². The highest BCUT2D eigenvalue weighted by Crippen LogP contribution is 2.35. The maximum atomic E-state index is 3.70. The Kier molecular flexibility index (Phi) is 6.31. The Morgan fingerprint density at radius 2 is 1.87 bits per heavy atom. The van der Waals surface area contributed by atoms with E-state index in [0.717, 1.165) is 17.9 Å². The topological polar surface area (TPSA) is 12.0 Å². The van der Waals surface area contributed by atoms with Crippen molar-refractivity contribution in [1.82, 2.24) is 5.32 Å². The van der Waals surface area contributed by atoms with Gasteiger partial charge in [-0.3, -0.25) is 0 Å². The maximum Gasteiger partial charge on any atom is 0.00954 e. The third kappa shape index (κ3) is 4.14. The molecule has 15 heavy (non-hydrogen) atoms. The second kappa shape index (κ2) is 7.27. The lowest BCUT2D eigenvalue weighted by Crippen LogP contribution is -2.33. The monoisotopic (exact) mass is 211 g/mol. The number of hydrogen-bond acceptors (Lipinski definition) is 1. The van der Waals surface area contributed by atoms with Gasteiger partial charge >= 0.3 is 0 Å². The number of hydrogen-bond donors (Lipinski definition) is 1. The molecule has 1 aliphatic rings. The van der Waals surface area contributed by atoms with E-state index in [1.807, 2.05) is 0 Å². The first-order valence-electron chi connectivity index (χ1n) is 7.03. The second-order valence-electron chi connectivity index (χ2n) is 5.25. The molecule has 0 aromatic carbocycles. The van der Waals surface area contributed by atoms with E-state index in [1.54, 1.807) is 0 Å². The van der Waals surface area contributed by atoms with Crippen LogP contribution in [0.5, 0.6) is 0 Å². The Morgan fingerprint density at radius 1 is 1.07 bits per heavy atom. The van der Waals surface area contributed by atoms with E-state index in [4.69, 9.17) is 0 Å². The van der Waals surface area contributed by atoms with Crippen molar-refractivity contribution in [3.8, 4) is 0 Å². The molecule has 3 unspecified atom stereocenters. The fraction of sp³-hybridized carbons (Fsp3) is 1.00. The number of unbranched alkanes of at least 4 members (excludes halogenated alkanes) is 2. The summed E-state index contributed by atoms with van der Waals surface area (Å²) in [5.41, 5.74) is 0. The molecule has 1 heteroatoms. The van der Waals surface area contributed by atoms with Crippen LogP contribution < -0.4 is 5.32 Å². The smallest absolute Gasteiger partial charge is 0.00954 e. The Morgan fingerprint density at radius 3 is 2.53 bits per heavy atom. The van der Waals surface area contributed by atoms with Crippen molar-refractivity contribution >= 4 is 0 Å². The van der Waals surface area contributed by atoms with Gasteiger partial charge in [-0.25, -0.2) is 0 Å². The first-order valence-corrected chi connectivity index (χ1v) is 7.03. The Labute approximate surface area is 96.0 Å². The molecule has 1 rings (SSSR count). The Bertz CT molecular complexity index is 155. The minimum absolute atomic E-state index is 0.816. The molecule has 1 aliphatic carbocycles. The normalized spacial score (nSPS) is 31.0. The van der Waals surface area contributed by atoms with Gasteiger partial charge < -0.3 is 5.32 Å². The first-order chi connectivity index (χ1) is 7.29. The van der Waals surface area contributed by atoms with Crippen LogP contribution in [-0.2, 0) is 0 Å². The largest absolute Gasteiger partial charge is 0.314 e. The molecule has 0 heterocycles. The number of rotatable bonds is 7. The SMILES string of the molecule is CCCCCC1CCC(NCCC)C1C. The molecule has 1 saturated carbocycles. The van der Waals surface area contributed by atoms with Gasteiger partial charge in [-0.1, -0.05) is 46.5 Å². The molecular formula is C14H29N. The lowest BCUT2D eigenvalue weighted by Gasteiger charge is -2.21. The van der Waals surface area contributed by atoms with E-state index in [1.165, 1.54) is 51.5 Å². The number of nitrogens with one attached hydrogen (secondary N) is 1. The minimum Gasteiger partial charge on any atom is -0.314 e. The summed E-state index contributed by atoms with van der Waals surface area (Å²) in [6.45, 7) is 8.21. The first kappa shape index (κ1) is 13.0. The summed E-state index contributed by atoms with van der Waals surface area (Å²) in [6.07, 6.45) is 9.86. The fourth-order valence-corrected chi connectivity index (χ4v) is 2.93. The van der Waals surface area contributed by atoms with Gasteiger partial charge in [-0.2, -0.15) is 0 Å². The zero-order valence-corrected chi connectivity index (χ0v) is 10.9. The highest BCUT2D eigenvalue weighted by atomic mass is 14.9. The van der Waals surface area contributed by atoms with E-state index < -0.39 is 0 Å². The van der Waals surface area contributed by atoms with Gasteiger partial charge in [0.05, 0.1) is 0 Å². The van der Waals surface area contributed by atoms with Gasteiger partial charge in [-0.05, 0) is 37.6 Å². The fourth-order valence-electron chi connectivity index (χ4n) is 2.93. The summed E-state index contributed by atoms with van der Waals surface area (Å²) in [4.78, 5) is 0. The minimum atomic E-state index is 0.816. The van der Waals surface area contributed by atoms with E-state index in [-0.39, 0.29) is 0 Å². The molecule has 0 aliphatic heterocycles. The van der Waals surface area contributed by atoms with Crippen LogP contribution >= 0.6 is 0 Å². The third-order valence-electron chi connectivity index (χ3n) is 4.06. The standard InChI is InChI=1S/C14H29N/c1-4-6-7-8-13-9-10-14(12(13)3)15-11-5-2/h12-15H,4-11H2,1-3H3. The van der Waals surface area contributed by atoms with E-state index in [0.29, 0.717) is 0 Å². The van der Waals surface area contributed by atoms with Crippen molar-refractivity contribution in [2.75, 3.05) is 6.54 Å². The second-order valence-corrected chi connectivity index (χ2v) is 5.25. The maximum absolute atomic E-state index is 3.70. The van der Waals surface area contributed by atoms with Crippen molar-refractivity contribution in [2.45, 2.75) is 71.8 Å². The van der Waals surface area contributed by atoms with Crippen LogP contribution in [0.3, 0.4) is 0 Å². The van der Waals surface area contributed by atoms with Crippen molar-refractivity contribution in [3.63, 3.8) is 0 Å². The summed E-state index contributed by atoms with van der Waals surface area (Å²) in [7, 11) is 0. The van der Waals surface area contributed by atoms with Crippen LogP contribution in [0.15, 0.2) is 0 Å². The Balaban J connectivity index is 2.19. The van der Waals surface area contributed by atoms with Crippen LogP contribution in [0, 0.1) is 11.8 Å². The Hall–Kier alpha value is -0.0400. The molecule has 1 nitrogen and oxygen atoms in total. The quantitative estimate of drug-likeness (QED) is 0.628. The van der Waals surface area contributed by atoms with Gasteiger partial charge in [-0.15, -0.1) is 0 Å². The van der Waals surface area contributed by atoms with Crippen LogP contribution in [0.1, 0.15) is 65.7 Å². The van der Waals surface area contributed by atoms with E-state index in [9.17, 15) is 0 Å². The average Bonchev–Trinajstić information content (AvgIpc) is 2.58. The molecule has 1 fully saturated rings. The molecule has 3 atom stereocenters. The van der Waals surface area contributed by atoms with Crippen LogP contribution in [-0.4, -0.2) is 12.6 Å². The molecule has 0 spiro atoms. The molecule has 0 aromatic heterocycles. The van der Waals surface area contributed by atoms with Crippen LogP contribution in [0.4, 0.5) is 0 Å². The lowest BCUT2D eigenvalue weighted by molar-refractivity contribution is 0.329. The molecule has 0 aromatic rings. The van der Waals surface area contributed by atoms with Crippen molar-refractivity contribution in [2.24, 2.45) is 11.8 Å². The molecule has 1 N–H and O–H groups in total. The highest BCUT2D eigenvalue weighted by molar-refractivity contribution is 4.86. The van der Waals surface area contributed by atoms with Crippen molar-refractivity contribution in [1.29, 1.82) is 0 Å². The van der Waals surface area contributed by atoms with Gasteiger partial charge in [0.15, 0.2) is 0 Å². The summed E-state index contributed by atoms with van der Waals surface area (Å²) < 4.78 is 0. The molecule has 0 bridgehead atoms. The molecule has 0 amide bonds. The van der Waals surface area contributed by atoms with Crippen molar-refractivity contribution in [3.05, 3.63) is 0 Å². The molecule has 0 saturated heterocycles. The van der Waals surface area contributed by atoms with Gasteiger partial charge in [0.2, 0.25) is 0 Å². The highest BCUT2D eigenvalue weighted by Gasteiger charge is 2.31. The molecular weight excluding hydrogens is 182 g/mol. The van der Waals surface area contributed by atoms with Gasteiger partial charge in [0.1, 0.15) is 0 Å². The predicted octanol–water partition coefficient (Wildman–Crippen LogP) is 3.98. The molecule has 0 radical (unpaired) electrons. The van der Waals surface area contributed by atoms with Gasteiger partial charge in [0, 0.05) is 6.04 Å². The summed E-state index contributed by atoms with van der Waals surface area (Å²) in [5.74, 6) is 1.92. The summed E-state index contributed by atoms with van der Waals surface area (Å²) >= 11 is 0. The molecule has 90 valence electrons. The summed E-state index contributed by atoms with van der Waals surface area (Å²) in [5, 5.41) is 3.70. The third-order valence-corrected chi connectivity index (χ3v) is 4.06. The lowest BCUT2D eigenvalue weighted by atomic mass is 9.90. The van der Waals surface area contributed by atoms with E-state index >= 15 is 0 Å². The average molecular weight is 211 g/mol.